The smallest absolute Gasteiger partial charge is 0.264 e. The largest absolute Gasteiger partial charge is 0.270 e. The summed E-state index contributed by atoms with van der Waals surface area (Å²) >= 11 is 1.45. The molecule has 32 heavy (non-hydrogen) atoms. The minimum atomic E-state index is -3.33. The number of amides is 1. The van der Waals surface area contributed by atoms with Gasteiger partial charge in [0.15, 0.2) is 5.13 Å². The van der Waals surface area contributed by atoms with Crippen molar-refractivity contribution in [2.24, 2.45) is 0 Å². The second-order valence-corrected chi connectivity index (χ2v) is 10.7. The molecule has 0 atom stereocenters. The molecular formula is C24H21N3O3S2. The third-order valence-electron chi connectivity index (χ3n) is 5.51. The second-order valence-electron chi connectivity index (χ2n) is 7.68. The van der Waals surface area contributed by atoms with E-state index in [1.807, 2.05) is 55.5 Å². The van der Waals surface area contributed by atoms with E-state index in [9.17, 15) is 13.2 Å². The Morgan fingerprint density at radius 2 is 1.81 bits per heavy atom. The number of rotatable bonds is 4. The van der Waals surface area contributed by atoms with E-state index in [-0.39, 0.29) is 11.7 Å². The quantitative estimate of drug-likeness (QED) is 0.421. The van der Waals surface area contributed by atoms with Gasteiger partial charge in [0.1, 0.15) is 0 Å². The molecule has 0 unspecified atom stereocenters. The maximum atomic E-state index is 13.8. The molecule has 1 fully saturated rings. The van der Waals surface area contributed by atoms with Gasteiger partial charge in [-0.3, -0.25) is 14.0 Å². The maximum absolute atomic E-state index is 13.8. The molecule has 4 aromatic rings. The molecule has 5 rings (SSSR count). The van der Waals surface area contributed by atoms with Crippen molar-refractivity contribution in [3.05, 3.63) is 83.9 Å². The van der Waals surface area contributed by atoms with Crippen LogP contribution in [0.2, 0.25) is 0 Å². The third-order valence-corrected chi connectivity index (χ3v) is 8.40. The van der Waals surface area contributed by atoms with Gasteiger partial charge in [-0.1, -0.05) is 47.7 Å². The van der Waals surface area contributed by atoms with Crippen molar-refractivity contribution in [2.45, 2.75) is 13.3 Å². The van der Waals surface area contributed by atoms with Crippen molar-refractivity contribution in [1.82, 2.24) is 4.98 Å². The standard InChI is InChI=1S/C24H21N3O3S2/c1-17-8-2-4-12-21(17)27(24-25-20-11-3-5-13-22(20)31-24)23(28)18-9-6-10-19(16-18)26-14-7-15-32(26,29)30/h2-6,8-13,16H,7,14-15H2,1H3. The van der Waals surface area contributed by atoms with Gasteiger partial charge in [0.25, 0.3) is 5.91 Å². The fraction of sp³-hybridized carbons (Fsp3) is 0.167. The van der Waals surface area contributed by atoms with E-state index in [2.05, 4.69) is 0 Å². The van der Waals surface area contributed by atoms with Crippen LogP contribution in [-0.2, 0) is 10.0 Å². The average molecular weight is 464 g/mol. The Bertz CT molecular complexity index is 1400. The number of anilines is 3. The van der Waals surface area contributed by atoms with Gasteiger partial charge in [-0.25, -0.2) is 13.4 Å². The number of fused-ring (bicyclic) bond motifs is 1. The number of para-hydroxylation sites is 2. The zero-order valence-corrected chi connectivity index (χ0v) is 19.1. The summed E-state index contributed by atoms with van der Waals surface area (Å²) in [5.74, 6) is -0.122. The van der Waals surface area contributed by atoms with Gasteiger partial charge in [0.05, 0.1) is 27.3 Å². The minimum absolute atomic E-state index is 0.131. The number of sulfonamides is 1. The predicted molar refractivity (Wildman–Crippen MR) is 129 cm³/mol. The fourth-order valence-electron chi connectivity index (χ4n) is 3.92. The van der Waals surface area contributed by atoms with Crippen molar-refractivity contribution >= 4 is 54.0 Å². The number of nitrogens with zero attached hydrogens (tertiary/aromatic N) is 3. The Morgan fingerprint density at radius 3 is 2.56 bits per heavy atom. The molecular weight excluding hydrogens is 442 g/mol. The predicted octanol–water partition coefficient (Wildman–Crippen LogP) is 5.12. The Kier molecular flexibility index (Phi) is 5.19. The molecule has 0 N–H and O–H groups in total. The van der Waals surface area contributed by atoms with E-state index in [1.165, 1.54) is 15.6 Å². The number of benzene rings is 3. The van der Waals surface area contributed by atoms with Crippen molar-refractivity contribution < 1.29 is 13.2 Å². The average Bonchev–Trinajstić information content (AvgIpc) is 3.37. The molecule has 1 aromatic heterocycles. The zero-order chi connectivity index (χ0) is 22.3. The number of hydrogen-bond donors (Lipinski definition) is 0. The van der Waals surface area contributed by atoms with Crippen LogP contribution in [0.3, 0.4) is 0 Å². The van der Waals surface area contributed by atoms with Crippen molar-refractivity contribution in [1.29, 1.82) is 0 Å². The number of carbonyl (C=O) groups excluding carboxylic acids is 1. The highest BCUT2D eigenvalue weighted by atomic mass is 32.2. The summed E-state index contributed by atoms with van der Waals surface area (Å²) in [6.45, 7) is 2.38. The molecule has 0 bridgehead atoms. The van der Waals surface area contributed by atoms with Gasteiger partial charge < -0.3 is 0 Å². The van der Waals surface area contributed by atoms with Gasteiger partial charge in [0.2, 0.25) is 10.0 Å². The monoisotopic (exact) mass is 463 g/mol. The van der Waals surface area contributed by atoms with Crippen LogP contribution in [0.5, 0.6) is 0 Å². The van der Waals surface area contributed by atoms with Crippen molar-refractivity contribution in [2.75, 3.05) is 21.5 Å². The first-order chi connectivity index (χ1) is 15.4. The summed E-state index contributed by atoms with van der Waals surface area (Å²) in [5.41, 5.74) is 3.44. The highest BCUT2D eigenvalue weighted by Crippen LogP contribution is 2.36. The molecule has 8 heteroatoms. The summed E-state index contributed by atoms with van der Waals surface area (Å²) in [6.07, 6.45) is 0.585. The zero-order valence-electron chi connectivity index (χ0n) is 17.4. The molecule has 162 valence electrons. The lowest BCUT2D eigenvalue weighted by molar-refractivity contribution is 0.0999. The number of aryl methyl sites for hydroxylation is 1. The summed E-state index contributed by atoms with van der Waals surface area (Å²) in [7, 11) is -3.33. The Balaban J connectivity index is 1.62. The van der Waals surface area contributed by atoms with Gasteiger partial charge in [-0.05, 0) is 55.3 Å². The molecule has 3 aromatic carbocycles. The lowest BCUT2D eigenvalue weighted by Gasteiger charge is -2.23. The molecule has 1 saturated heterocycles. The van der Waals surface area contributed by atoms with Gasteiger partial charge in [-0.2, -0.15) is 0 Å². The first-order valence-electron chi connectivity index (χ1n) is 10.3. The molecule has 1 aliphatic rings. The normalized spacial score (nSPS) is 15.2. The van der Waals surface area contributed by atoms with E-state index in [0.29, 0.717) is 29.3 Å². The highest BCUT2D eigenvalue weighted by Gasteiger charge is 2.30. The summed E-state index contributed by atoms with van der Waals surface area (Å²) in [5, 5.41) is 0.574. The van der Waals surface area contributed by atoms with Crippen LogP contribution in [0.1, 0.15) is 22.3 Å². The molecule has 6 nitrogen and oxygen atoms in total. The SMILES string of the molecule is Cc1ccccc1N(C(=O)c1cccc(N2CCCS2(=O)=O)c1)c1nc2ccccc2s1. The fourth-order valence-corrected chi connectivity index (χ4v) is 6.46. The van der Waals surface area contributed by atoms with Crippen LogP contribution in [0.4, 0.5) is 16.5 Å². The molecule has 0 radical (unpaired) electrons. The molecule has 0 saturated carbocycles. The minimum Gasteiger partial charge on any atom is -0.270 e. The first kappa shape index (κ1) is 20.7. The number of aromatic nitrogens is 1. The van der Waals surface area contributed by atoms with Crippen LogP contribution in [0, 0.1) is 6.92 Å². The van der Waals surface area contributed by atoms with E-state index in [1.54, 1.807) is 29.2 Å². The number of carbonyl (C=O) groups is 1. The number of hydrogen-bond acceptors (Lipinski definition) is 5. The lowest BCUT2D eigenvalue weighted by atomic mass is 10.1. The van der Waals surface area contributed by atoms with Crippen molar-refractivity contribution in [3.8, 4) is 0 Å². The summed E-state index contributed by atoms with van der Waals surface area (Å²) < 4.78 is 27.2. The van der Waals surface area contributed by atoms with Gasteiger partial charge in [0, 0.05) is 12.1 Å². The molecule has 1 aliphatic heterocycles. The highest BCUT2D eigenvalue weighted by molar-refractivity contribution is 7.93. The number of thiazole rings is 1. The van der Waals surface area contributed by atoms with Crippen LogP contribution in [-0.4, -0.2) is 31.6 Å². The molecule has 2 heterocycles. The van der Waals surface area contributed by atoms with E-state index in [4.69, 9.17) is 4.98 Å². The summed E-state index contributed by atoms with van der Waals surface area (Å²) in [4.78, 5) is 20.2. The van der Waals surface area contributed by atoms with Gasteiger partial charge in [-0.15, -0.1) is 0 Å². The lowest BCUT2D eigenvalue weighted by Crippen LogP contribution is -2.28. The topological polar surface area (TPSA) is 70.6 Å². The molecule has 1 amide bonds. The third kappa shape index (κ3) is 3.65. The van der Waals surface area contributed by atoms with Crippen LogP contribution < -0.4 is 9.21 Å². The van der Waals surface area contributed by atoms with Gasteiger partial charge >= 0.3 is 0 Å². The Morgan fingerprint density at radius 1 is 1.03 bits per heavy atom. The Hall–Kier alpha value is -3.23. The molecule has 0 aliphatic carbocycles. The van der Waals surface area contributed by atoms with Crippen LogP contribution in [0.15, 0.2) is 72.8 Å². The second kappa shape index (κ2) is 8.03. The molecule has 0 spiro atoms. The summed E-state index contributed by atoms with van der Waals surface area (Å²) in [6, 6.07) is 22.3. The van der Waals surface area contributed by atoms with Crippen LogP contribution in [0.25, 0.3) is 10.2 Å². The van der Waals surface area contributed by atoms with E-state index in [0.717, 1.165) is 21.5 Å². The van der Waals surface area contributed by atoms with Crippen molar-refractivity contribution in [3.63, 3.8) is 0 Å². The Labute approximate surface area is 190 Å². The van der Waals surface area contributed by atoms with E-state index >= 15 is 0 Å². The van der Waals surface area contributed by atoms with Crippen LogP contribution >= 0.6 is 11.3 Å². The maximum Gasteiger partial charge on any atom is 0.264 e. The first-order valence-corrected chi connectivity index (χ1v) is 12.7. The van der Waals surface area contributed by atoms with E-state index < -0.39 is 10.0 Å².